The number of hydrogen-bond donors (Lipinski definition) is 5. The molecule has 0 aliphatic carbocycles. The van der Waals surface area contributed by atoms with Gasteiger partial charge in [0.2, 0.25) is 0 Å². The van der Waals surface area contributed by atoms with Gasteiger partial charge in [-0.3, -0.25) is 0 Å². The molecule has 1 aliphatic heterocycles. The number of esters is 1. The van der Waals surface area contributed by atoms with Crippen molar-refractivity contribution in [2.75, 3.05) is 118 Å². The quantitative estimate of drug-likeness (QED) is 0.0869. The van der Waals surface area contributed by atoms with E-state index in [1.807, 2.05) is 12.1 Å². The SMILES string of the molecule is CCNCCNCCC1CN(CCCOc2ccc(C(=O)OC)cc2)CCNCCN(I)CCNCCNCCN1I. The summed E-state index contributed by atoms with van der Waals surface area (Å²) in [6, 6.07) is 7.61. The zero-order valence-electron chi connectivity index (χ0n) is 25.6. The van der Waals surface area contributed by atoms with Gasteiger partial charge in [0, 0.05) is 143 Å². The van der Waals surface area contributed by atoms with E-state index in [4.69, 9.17) is 9.47 Å². The van der Waals surface area contributed by atoms with Crippen molar-refractivity contribution in [3.63, 3.8) is 0 Å². The van der Waals surface area contributed by atoms with Crippen LogP contribution in [-0.4, -0.2) is 142 Å². The third-order valence-electron chi connectivity index (χ3n) is 7.06. The number of halogens is 2. The molecule has 2 rings (SSSR count). The van der Waals surface area contributed by atoms with Crippen LogP contribution in [0.5, 0.6) is 5.75 Å². The van der Waals surface area contributed by atoms with Crippen LogP contribution in [0.2, 0.25) is 0 Å². The number of carbonyl (C=O) groups excluding carboxylic acids is 1. The van der Waals surface area contributed by atoms with Gasteiger partial charge in [-0.25, -0.2) is 11.0 Å². The summed E-state index contributed by atoms with van der Waals surface area (Å²) in [5, 5.41) is 17.8. The molecule has 1 saturated heterocycles. The Kier molecular flexibility index (Phi) is 22.4. The molecule has 1 aliphatic rings. The maximum atomic E-state index is 11.7. The van der Waals surface area contributed by atoms with Crippen LogP contribution in [0.3, 0.4) is 0 Å². The lowest BCUT2D eigenvalue weighted by molar-refractivity contribution is 0.0600. The molecule has 0 spiro atoms. The fourth-order valence-electron chi connectivity index (χ4n) is 4.61. The number of carbonyl (C=O) groups is 1. The summed E-state index contributed by atoms with van der Waals surface area (Å²) in [7, 11) is 1.39. The van der Waals surface area contributed by atoms with Crippen molar-refractivity contribution in [2.45, 2.75) is 25.8 Å². The Morgan fingerprint density at radius 3 is 2.24 bits per heavy atom. The molecule has 1 unspecified atom stereocenters. The Hall–Kier alpha value is -0.370. The molecule has 0 saturated carbocycles. The van der Waals surface area contributed by atoms with E-state index in [1.54, 1.807) is 12.1 Å². The van der Waals surface area contributed by atoms with Gasteiger partial charge in [-0.2, -0.15) is 0 Å². The fourth-order valence-corrected chi connectivity index (χ4v) is 5.79. The average Bonchev–Trinajstić information content (AvgIpc) is 3.00. The number of ether oxygens (including phenoxy) is 2. The zero-order chi connectivity index (χ0) is 30.3. The van der Waals surface area contributed by atoms with Gasteiger partial charge in [0.15, 0.2) is 0 Å². The molecule has 1 aromatic carbocycles. The van der Waals surface area contributed by atoms with Crippen LogP contribution in [-0.2, 0) is 4.74 Å². The van der Waals surface area contributed by atoms with Crippen LogP contribution < -0.4 is 31.3 Å². The minimum Gasteiger partial charge on any atom is -0.494 e. The summed E-state index contributed by atoms with van der Waals surface area (Å²) < 4.78 is 15.7. The topological polar surface area (TPSA) is 105 Å². The Morgan fingerprint density at radius 1 is 0.905 bits per heavy atom. The lowest BCUT2D eigenvalue weighted by Gasteiger charge is -2.32. The predicted molar refractivity (Wildman–Crippen MR) is 189 cm³/mol. The molecule has 5 N–H and O–H groups in total. The zero-order valence-corrected chi connectivity index (χ0v) is 30.0. The Labute approximate surface area is 281 Å². The van der Waals surface area contributed by atoms with E-state index in [9.17, 15) is 4.79 Å². The first-order valence-electron chi connectivity index (χ1n) is 15.4. The largest absolute Gasteiger partial charge is 0.494 e. The molecule has 13 heteroatoms. The van der Waals surface area contributed by atoms with Crippen LogP contribution in [0.4, 0.5) is 0 Å². The molecular weight excluding hydrogens is 762 g/mol. The number of benzene rings is 1. The number of rotatable bonds is 13. The second kappa shape index (κ2) is 24.9. The van der Waals surface area contributed by atoms with E-state index in [0.717, 1.165) is 123 Å². The van der Waals surface area contributed by atoms with Crippen LogP contribution in [0, 0.1) is 0 Å². The lowest BCUT2D eigenvalue weighted by atomic mass is 10.1. The number of nitrogens with one attached hydrogen (secondary N) is 5. The minimum atomic E-state index is -0.334. The highest BCUT2D eigenvalue weighted by Gasteiger charge is 2.20. The number of nitrogens with zero attached hydrogens (tertiary/aromatic N) is 3. The number of methoxy groups -OCH3 is 1. The molecule has 1 aromatic rings. The summed E-state index contributed by atoms with van der Waals surface area (Å²) in [6.45, 7) is 18.8. The molecule has 1 atom stereocenters. The molecule has 0 amide bonds. The number of likely N-dealkylation sites (N-methyl/N-ethyl adjacent to an activating group) is 1. The summed E-state index contributed by atoms with van der Waals surface area (Å²) in [6.07, 6.45) is 2.04. The smallest absolute Gasteiger partial charge is 0.337 e. The van der Waals surface area contributed by atoms with Crippen LogP contribution >= 0.6 is 45.7 Å². The van der Waals surface area contributed by atoms with Crippen LogP contribution in [0.25, 0.3) is 0 Å². The molecule has 1 heterocycles. The van der Waals surface area contributed by atoms with Crippen molar-refractivity contribution in [3.8, 4) is 5.75 Å². The third kappa shape index (κ3) is 17.8. The summed E-state index contributed by atoms with van der Waals surface area (Å²) in [4.78, 5) is 14.3. The van der Waals surface area contributed by atoms with Gasteiger partial charge in [0.1, 0.15) is 5.75 Å². The van der Waals surface area contributed by atoms with Gasteiger partial charge in [-0.15, -0.1) is 0 Å². The normalized spacial score (nSPS) is 20.0. The summed E-state index contributed by atoms with van der Waals surface area (Å²) >= 11 is 4.97. The van der Waals surface area contributed by atoms with Gasteiger partial charge in [-0.05, 0) is 50.2 Å². The molecule has 242 valence electrons. The second-order valence-corrected chi connectivity index (χ2v) is 13.0. The van der Waals surface area contributed by atoms with Crippen molar-refractivity contribution < 1.29 is 14.3 Å². The van der Waals surface area contributed by atoms with Crippen LogP contribution in [0.15, 0.2) is 24.3 Å². The van der Waals surface area contributed by atoms with Crippen molar-refractivity contribution in [1.82, 2.24) is 37.7 Å². The Bertz CT molecular complexity index is 812. The van der Waals surface area contributed by atoms with Crippen molar-refractivity contribution >= 4 is 51.7 Å². The van der Waals surface area contributed by atoms with Crippen molar-refractivity contribution in [1.29, 1.82) is 0 Å². The Morgan fingerprint density at radius 2 is 1.55 bits per heavy atom. The molecule has 11 nitrogen and oxygen atoms in total. The lowest BCUT2D eigenvalue weighted by Crippen LogP contribution is -2.46. The summed E-state index contributed by atoms with van der Waals surface area (Å²) in [5.74, 6) is 0.440. The van der Waals surface area contributed by atoms with E-state index in [0.29, 0.717) is 18.2 Å². The molecule has 0 radical (unpaired) electrons. The maximum absolute atomic E-state index is 11.7. The van der Waals surface area contributed by atoms with Gasteiger partial charge in [-0.1, -0.05) is 6.92 Å². The fraction of sp³-hybridized carbons (Fsp3) is 0.759. The van der Waals surface area contributed by atoms with Gasteiger partial charge < -0.3 is 41.0 Å². The third-order valence-corrected chi connectivity index (χ3v) is 9.29. The van der Waals surface area contributed by atoms with E-state index < -0.39 is 0 Å². The van der Waals surface area contributed by atoms with Crippen LogP contribution in [0.1, 0.15) is 30.1 Å². The highest BCUT2D eigenvalue weighted by Crippen LogP contribution is 2.15. The van der Waals surface area contributed by atoms with E-state index in [-0.39, 0.29) is 5.97 Å². The first-order valence-corrected chi connectivity index (χ1v) is 17.4. The molecular formula is C29H54I2N8O3. The first kappa shape index (κ1) is 37.8. The maximum Gasteiger partial charge on any atom is 0.337 e. The highest BCUT2D eigenvalue weighted by atomic mass is 127. The standard InChI is InChI=1S/C29H54I2N8O3/c1-3-32-11-12-33-10-9-27-25-37(19-4-24-42-28-7-5-26(6-8-28)29(40)41-2)20-15-36-17-22-38(30)21-16-34-13-14-35-18-23-39(27)31/h5-8,27,32-36H,3-4,9-25H2,1-2H3. The Balaban J connectivity index is 1.95. The monoisotopic (exact) mass is 816 g/mol. The molecule has 42 heavy (non-hydrogen) atoms. The van der Waals surface area contributed by atoms with Crippen molar-refractivity contribution in [2.24, 2.45) is 0 Å². The minimum absolute atomic E-state index is 0.334. The van der Waals surface area contributed by atoms with E-state index in [2.05, 4.69) is 90.4 Å². The van der Waals surface area contributed by atoms with Gasteiger partial charge in [0.25, 0.3) is 0 Å². The second-order valence-electron chi connectivity index (χ2n) is 10.3. The van der Waals surface area contributed by atoms with Gasteiger partial charge in [0.05, 0.1) is 19.3 Å². The van der Waals surface area contributed by atoms with Gasteiger partial charge >= 0.3 is 5.97 Å². The summed E-state index contributed by atoms with van der Waals surface area (Å²) in [5.41, 5.74) is 0.531. The van der Waals surface area contributed by atoms with E-state index >= 15 is 0 Å². The highest BCUT2D eigenvalue weighted by molar-refractivity contribution is 14.1. The first-order chi connectivity index (χ1) is 20.5. The van der Waals surface area contributed by atoms with E-state index in [1.165, 1.54) is 7.11 Å². The average molecular weight is 817 g/mol. The molecule has 1 fully saturated rings. The number of hydrogen-bond acceptors (Lipinski definition) is 11. The molecule has 0 bridgehead atoms. The molecule has 0 aromatic heterocycles. The van der Waals surface area contributed by atoms with Crippen molar-refractivity contribution in [3.05, 3.63) is 29.8 Å². The predicted octanol–water partition coefficient (Wildman–Crippen LogP) is 1.59.